The van der Waals surface area contributed by atoms with Crippen molar-refractivity contribution < 1.29 is 9.59 Å². The average Bonchev–Trinajstić information content (AvgIpc) is 2.74. The van der Waals surface area contributed by atoms with Crippen LogP contribution < -0.4 is 0 Å². The van der Waals surface area contributed by atoms with Crippen molar-refractivity contribution in [2.45, 2.75) is 26.7 Å². The number of hydrogen-bond acceptors (Lipinski definition) is 2. The standard InChI is InChI=1S/C13H14O2/c1-7-5-9-3-4-10-6-11(14)8(2)13(9,10)12(7)15/h5-6,8-9H,3-4H2,1-2H3/t8?,9-,13+/m0/s1. The van der Waals surface area contributed by atoms with E-state index < -0.39 is 5.41 Å². The van der Waals surface area contributed by atoms with E-state index in [0.29, 0.717) is 0 Å². The summed E-state index contributed by atoms with van der Waals surface area (Å²) in [7, 11) is 0. The van der Waals surface area contributed by atoms with Gasteiger partial charge in [0.1, 0.15) is 0 Å². The third kappa shape index (κ3) is 0.782. The van der Waals surface area contributed by atoms with Crippen molar-refractivity contribution in [1.29, 1.82) is 0 Å². The highest BCUT2D eigenvalue weighted by Crippen LogP contribution is 2.61. The summed E-state index contributed by atoms with van der Waals surface area (Å²) in [4.78, 5) is 24.0. The number of ketones is 2. The van der Waals surface area contributed by atoms with Crippen LogP contribution >= 0.6 is 0 Å². The Morgan fingerprint density at radius 2 is 2.13 bits per heavy atom. The molecular formula is C13H14O2. The van der Waals surface area contributed by atoms with Gasteiger partial charge in [0.15, 0.2) is 11.6 Å². The summed E-state index contributed by atoms with van der Waals surface area (Å²) in [6.07, 6.45) is 5.77. The molecule has 0 aromatic carbocycles. The van der Waals surface area contributed by atoms with Gasteiger partial charge in [-0.15, -0.1) is 0 Å². The van der Waals surface area contributed by atoms with E-state index in [4.69, 9.17) is 0 Å². The molecule has 3 atom stereocenters. The van der Waals surface area contributed by atoms with Crippen molar-refractivity contribution in [1.82, 2.24) is 0 Å². The predicted octanol–water partition coefficient (Wildman–Crippen LogP) is 2.06. The lowest BCUT2D eigenvalue weighted by atomic mass is 9.69. The third-order valence-corrected chi connectivity index (χ3v) is 4.45. The minimum Gasteiger partial charge on any atom is -0.295 e. The summed E-state index contributed by atoms with van der Waals surface area (Å²) in [6.45, 7) is 3.79. The summed E-state index contributed by atoms with van der Waals surface area (Å²) in [5.74, 6) is 0.500. The van der Waals surface area contributed by atoms with E-state index in [1.807, 2.05) is 13.8 Å². The highest BCUT2D eigenvalue weighted by molar-refractivity contribution is 6.12. The molecule has 2 nitrogen and oxygen atoms in total. The molecule has 0 N–H and O–H groups in total. The zero-order valence-corrected chi connectivity index (χ0v) is 9.04. The molecule has 0 aromatic heterocycles. The second-order valence-electron chi connectivity index (χ2n) is 4.99. The quantitative estimate of drug-likeness (QED) is 0.602. The van der Waals surface area contributed by atoms with Crippen LogP contribution in [0.25, 0.3) is 0 Å². The second-order valence-corrected chi connectivity index (χ2v) is 4.99. The van der Waals surface area contributed by atoms with Crippen LogP contribution in [-0.4, -0.2) is 11.6 Å². The third-order valence-electron chi connectivity index (χ3n) is 4.45. The van der Waals surface area contributed by atoms with Crippen molar-refractivity contribution >= 4 is 11.6 Å². The Bertz CT molecular complexity index is 441. The minimum absolute atomic E-state index is 0.138. The number of carbonyl (C=O) groups excluding carboxylic acids is 2. The molecule has 1 spiro atoms. The molecule has 3 aliphatic rings. The Morgan fingerprint density at radius 3 is 2.87 bits per heavy atom. The first-order valence-electron chi connectivity index (χ1n) is 5.56. The molecule has 0 saturated heterocycles. The summed E-state index contributed by atoms with van der Waals surface area (Å²) in [5, 5.41) is 0. The van der Waals surface area contributed by atoms with Gasteiger partial charge >= 0.3 is 0 Å². The fourth-order valence-electron chi connectivity index (χ4n) is 3.72. The van der Waals surface area contributed by atoms with E-state index in [9.17, 15) is 9.59 Å². The van der Waals surface area contributed by atoms with Crippen molar-refractivity contribution in [3.63, 3.8) is 0 Å². The lowest BCUT2D eigenvalue weighted by Gasteiger charge is -2.30. The minimum atomic E-state index is -0.443. The molecule has 78 valence electrons. The first-order valence-corrected chi connectivity index (χ1v) is 5.56. The zero-order valence-electron chi connectivity index (χ0n) is 9.04. The number of allylic oxidation sites excluding steroid dienone is 4. The fourth-order valence-corrected chi connectivity index (χ4v) is 3.72. The zero-order chi connectivity index (χ0) is 10.8. The number of Topliss-reactive ketones (excluding diaryl/α,β-unsaturated/α-hetero) is 1. The fraction of sp³-hybridized carbons (Fsp3) is 0.538. The van der Waals surface area contributed by atoms with Crippen LogP contribution in [0.3, 0.4) is 0 Å². The molecule has 1 unspecified atom stereocenters. The summed E-state index contributed by atoms with van der Waals surface area (Å²) in [6, 6.07) is 0. The van der Waals surface area contributed by atoms with Crippen molar-refractivity contribution in [2.75, 3.05) is 0 Å². The monoisotopic (exact) mass is 202 g/mol. The lowest BCUT2D eigenvalue weighted by molar-refractivity contribution is -0.130. The average molecular weight is 202 g/mol. The van der Waals surface area contributed by atoms with Crippen LogP contribution in [-0.2, 0) is 9.59 Å². The Hall–Kier alpha value is -1.18. The maximum Gasteiger partial charge on any atom is 0.169 e. The van der Waals surface area contributed by atoms with Gasteiger partial charge < -0.3 is 0 Å². The number of rotatable bonds is 0. The van der Waals surface area contributed by atoms with E-state index in [0.717, 1.165) is 24.0 Å². The second kappa shape index (κ2) is 2.49. The van der Waals surface area contributed by atoms with Gasteiger partial charge in [-0.3, -0.25) is 9.59 Å². The molecule has 15 heavy (non-hydrogen) atoms. The molecule has 0 radical (unpaired) electrons. The number of hydrogen-bond donors (Lipinski definition) is 0. The molecule has 3 aliphatic carbocycles. The van der Waals surface area contributed by atoms with Crippen molar-refractivity contribution in [3.05, 3.63) is 23.3 Å². The summed E-state index contributed by atoms with van der Waals surface area (Å²) >= 11 is 0. The largest absolute Gasteiger partial charge is 0.295 e. The van der Waals surface area contributed by atoms with Crippen LogP contribution in [0.1, 0.15) is 26.7 Å². The van der Waals surface area contributed by atoms with Crippen LogP contribution in [0.4, 0.5) is 0 Å². The molecule has 0 aliphatic heterocycles. The Morgan fingerprint density at radius 1 is 1.40 bits per heavy atom. The molecule has 0 amide bonds. The van der Waals surface area contributed by atoms with Gasteiger partial charge in [-0.05, 0) is 37.3 Å². The van der Waals surface area contributed by atoms with Crippen LogP contribution in [0.5, 0.6) is 0 Å². The normalized spacial score (nSPS) is 42.8. The van der Waals surface area contributed by atoms with Gasteiger partial charge in [-0.2, -0.15) is 0 Å². The SMILES string of the molecule is CC1=C[C@@H]2CCC3=CC(=O)C(C)[C@]32C1=O. The molecule has 2 heteroatoms. The van der Waals surface area contributed by atoms with Gasteiger partial charge in [0.05, 0.1) is 5.41 Å². The smallest absolute Gasteiger partial charge is 0.169 e. The molecule has 1 fully saturated rings. The summed E-state index contributed by atoms with van der Waals surface area (Å²) < 4.78 is 0. The molecule has 1 saturated carbocycles. The first-order chi connectivity index (χ1) is 7.08. The Labute approximate surface area is 89.0 Å². The maximum atomic E-state index is 12.3. The van der Waals surface area contributed by atoms with Gasteiger partial charge in [0.2, 0.25) is 0 Å². The van der Waals surface area contributed by atoms with E-state index in [2.05, 4.69) is 6.08 Å². The van der Waals surface area contributed by atoms with Gasteiger partial charge in [-0.25, -0.2) is 0 Å². The van der Waals surface area contributed by atoms with Crippen molar-refractivity contribution in [3.8, 4) is 0 Å². The van der Waals surface area contributed by atoms with Gasteiger partial charge in [-0.1, -0.05) is 18.6 Å². The topological polar surface area (TPSA) is 34.1 Å². The molecular weight excluding hydrogens is 188 g/mol. The highest BCUT2D eigenvalue weighted by Gasteiger charge is 2.62. The first kappa shape index (κ1) is 9.08. The van der Waals surface area contributed by atoms with E-state index in [-0.39, 0.29) is 23.4 Å². The lowest BCUT2D eigenvalue weighted by Crippen LogP contribution is -2.37. The number of carbonyl (C=O) groups is 2. The van der Waals surface area contributed by atoms with Crippen LogP contribution in [0.2, 0.25) is 0 Å². The van der Waals surface area contributed by atoms with E-state index in [1.54, 1.807) is 6.08 Å². The van der Waals surface area contributed by atoms with E-state index in [1.165, 1.54) is 0 Å². The molecule has 3 rings (SSSR count). The molecule has 0 bridgehead atoms. The van der Waals surface area contributed by atoms with E-state index >= 15 is 0 Å². The van der Waals surface area contributed by atoms with Gasteiger partial charge in [0, 0.05) is 5.92 Å². The van der Waals surface area contributed by atoms with Gasteiger partial charge in [0.25, 0.3) is 0 Å². The molecule has 0 aromatic rings. The Kier molecular flexibility index (Phi) is 1.51. The predicted molar refractivity (Wildman–Crippen MR) is 56.2 cm³/mol. The molecule has 0 heterocycles. The van der Waals surface area contributed by atoms with Crippen LogP contribution in [0, 0.1) is 17.3 Å². The van der Waals surface area contributed by atoms with Crippen molar-refractivity contribution in [2.24, 2.45) is 17.3 Å². The Balaban J connectivity index is 2.22. The summed E-state index contributed by atoms with van der Waals surface area (Å²) in [5.41, 5.74) is 1.51. The maximum absolute atomic E-state index is 12.3. The van der Waals surface area contributed by atoms with Crippen LogP contribution in [0.15, 0.2) is 23.3 Å². The highest BCUT2D eigenvalue weighted by atomic mass is 16.1.